The zero-order valence-electron chi connectivity index (χ0n) is 21.3. The number of ether oxygens (including phenoxy) is 2. The lowest BCUT2D eigenvalue weighted by Gasteiger charge is -2.24. The molecule has 0 N–H and O–H groups in total. The van der Waals surface area contributed by atoms with Gasteiger partial charge in [-0.2, -0.15) is 0 Å². The van der Waals surface area contributed by atoms with Gasteiger partial charge in [0.05, 0.1) is 33.5 Å². The van der Waals surface area contributed by atoms with Crippen molar-refractivity contribution in [2.45, 2.75) is 26.8 Å². The highest BCUT2D eigenvalue weighted by atomic mass is 35.5. The summed E-state index contributed by atoms with van der Waals surface area (Å²) in [5, 5.41) is 0.555. The molecular weight excluding hydrogens is 540 g/mol. The lowest BCUT2D eigenvalue weighted by Crippen LogP contribution is -2.39. The van der Waals surface area contributed by atoms with Crippen LogP contribution in [-0.4, -0.2) is 23.1 Å². The Hall–Kier alpha value is -4.21. The Balaban J connectivity index is 1.62. The minimum atomic E-state index is -0.788. The number of benzene rings is 2. The average Bonchev–Trinajstić information content (AvgIpc) is 3.48. The fraction of sp³-hybridized carbons (Fsp3) is 0.172. The number of rotatable bonds is 6. The SMILES string of the molecule is CCOC(=O)C1=C(C)N=c2s/c(=C\c3ccc(-c4ccccc4Cl)o3)c(=O)n2C1c1ccc(OC(C)=O)cc1. The van der Waals surface area contributed by atoms with Gasteiger partial charge in [0.2, 0.25) is 0 Å². The van der Waals surface area contributed by atoms with E-state index in [0.29, 0.717) is 42.9 Å². The van der Waals surface area contributed by atoms with Crippen LogP contribution in [0.1, 0.15) is 38.1 Å². The number of carbonyl (C=O) groups is 2. The maximum absolute atomic E-state index is 13.8. The van der Waals surface area contributed by atoms with Gasteiger partial charge in [0.15, 0.2) is 4.80 Å². The second-order valence-corrected chi connectivity index (χ2v) is 10.1. The first-order valence-electron chi connectivity index (χ1n) is 12.1. The summed E-state index contributed by atoms with van der Waals surface area (Å²) < 4.78 is 18.3. The third-order valence-corrected chi connectivity index (χ3v) is 7.33. The molecule has 1 aliphatic heterocycles. The Bertz CT molecular complexity index is 1800. The number of thiazole rings is 1. The Morgan fingerprint density at radius 1 is 1.13 bits per heavy atom. The Morgan fingerprint density at radius 3 is 2.56 bits per heavy atom. The molecule has 1 aliphatic rings. The number of furan rings is 1. The van der Waals surface area contributed by atoms with E-state index >= 15 is 0 Å². The van der Waals surface area contributed by atoms with Crippen molar-refractivity contribution in [3.63, 3.8) is 0 Å². The Kier molecular flexibility index (Phi) is 7.36. The molecule has 4 aromatic rings. The van der Waals surface area contributed by atoms with Gasteiger partial charge in [-0.1, -0.05) is 47.2 Å². The van der Waals surface area contributed by atoms with Crippen molar-refractivity contribution in [3.8, 4) is 17.1 Å². The summed E-state index contributed by atoms with van der Waals surface area (Å²) in [6.07, 6.45) is 1.65. The maximum atomic E-state index is 13.8. The summed E-state index contributed by atoms with van der Waals surface area (Å²) in [5.41, 5.74) is 1.75. The molecule has 0 amide bonds. The first-order chi connectivity index (χ1) is 18.8. The lowest BCUT2D eigenvalue weighted by atomic mass is 9.96. The van der Waals surface area contributed by atoms with E-state index < -0.39 is 18.0 Å². The zero-order valence-corrected chi connectivity index (χ0v) is 22.8. The van der Waals surface area contributed by atoms with Gasteiger partial charge >= 0.3 is 11.9 Å². The normalized spacial score (nSPS) is 15.1. The van der Waals surface area contributed by atoms with E-state index in [0.717, 1.165) is 5.56 Å². The molecule has 0 bridgehead atoms. The van der Waals surface area contributed by atoms with Crippen LogP contribution in [0.4, 0.5) is 0 Å². The molecule has 1 unspecified atom stereocenters. The van der Waals surface area contributed by atoms with E-state index in [9.17, 15) is 14.4 Å². The summed E-state index contributed by atoms with van der Waals surface area (Å²) in [7, 11) is 0. The van der Waals surface area contributed by atoms with Crippen LogP contribution in [0, 0.1) is 0 Å². The van der Waals surface area contributed by atoms with E-state index in [4.69, 9.17) is 25.5 Å². The molecule has 1 atom stereocenters. The zero-order chi connectivity index (χ0) is 27.7. The highest BCUT2D eigenvalue weighted by Crippen LogP contribution is 2.32. The standard InChI is InChI=1S/C29H23ClN2O6S/c1-4-36-28(35)25-16(2)31-29-32(26(25)18-9-11-19(12-10-18)37-17(3)33)27(34)24(39-29)15-20-13-14-23(38-20)21-7-5-6-8-22(21)30/h5-15,26H,4H2,1-3H3/b24-15-. The molecular formula is C29H23ClN2O6S. The van der Waals surface area contributed by atoms with E-state index in [1.165, 1.54) is 22.8 Å². The molecule has 8 nitrogen and oxygen atoms in total. The smallest absolute Gasteiger partial charge is 0.338 e. The van der Waals surface area contributed by atoms with Gasteiger partial charge in [-0.15, -0.1) is 0 Å². The first-order valence-corrected chi connectivity index (χ1v) is 13.3. The predicted octanol–water partition coefficient (Wildman–Crippen LogP) is 4.64. The molecule has 0 radical (unpaired) electrons. The second kappa shape index (κ2) is 10.9. The number of carbonyl (C=O) groups excluding carboxylic acids is 2. The summed E-state index contributed by atoms with van der Waals surface area (Å²) in [6, 6.07) is 16.7. The average molecular weight is 563 g/mol. The summed E-state index contributed by atoms with van der Waals surface area (Å²) in [5.74, 6) is 0.389. The number of hydrogen-bond donors (Lipinski definition) is 0. The van der Waals surface area contributed by atoms with Gasteiger partial charge in [-0.25, -0.2) is 9.79 Å². The lowest BCUT2D eigenvalue weighted by molar-refractivity contribution is -0.139. The van der Waals surface area contributed by atoms with Gasteiger partial charge in [-0.3, -0.25) is 14.2 Å². The Morgan fingerprint density at radius 2 is 1.87 bits per heavy atom. The van der Waals surface area contributed by atoms with Crippen LogP contribution in [0.2, 0.25) is 5.02 Å². The number of esters is 2. The largest absolute Gasteiger partial charge is 0.463 e. The van der Waals surface area contributed by atoms with Gasteiger partial charge in [0, 0.05) is 18.6 Å². The molecule has 198 valence electrons. The summed E-state index contributed by atoms with van der Waals surface area (Å²) in [4.78, 5) is 43.1. The quantitative estimate of drug-likeness (QED) is 0.251. The fourth-order valence-electron chi connectivity index (χ4n) is 4.36. The number of hydrogen-bond acceptors (Lipinski definition) is 8. The fourth-order valence-corrected chi connectivity index (χ4v) is 5.61. The summed E-state index contributed by atoms with van der Waals surface area (Å²) in [6.45, 7) is 4.91. The molecule has 2 aromatic heterocycles. The van der Waals surface area contributed by atoms with Crippen molar-refractivity contribution in [1.82, 2.24) is 4.57 Å². The molecule has 0 fully saturated rings. The van der Waals surface area contributed by atoms with E-state index in [1.54, 1.807) is 62.4 Å². The van der Waals surface area contributed by atoms with Crippen LogP contribution in [0.3, 0.4) is 0 Å². The van der Waals surface area contributed by atoms with E-state index in [2.05, 4.69) is 4.99 Å². The summed E-state index contributed by atoms with van der Waals surface area (Å²) >= 11 is 7.50. The van der Waals surface area contributed by atoms with Crippen LogP contribution in [-0.2, 0) is 14.3 Å². The molecule has 0 spiro atoms. The monoisotopic (exact) mass is 562 g/mol. The highest BCUT2D eigenvalue weighted by Gasteiger charge is 2.33. The number of halogens is 1. The van der Waals surface area contributed by atoms with Gasteiger partial charge < -0.3 is 13.9 Å². The number of nitrogens with zero attached hydrogens (tertiary/aromatic N) is 2. The highest BCUT2D eigenvalue weighted by molar-refractivity contribution is 7.07. The molecule has 5 rings (SSSR count). The third-order valence-electron chi connectivity index (χ3n) is 6.01. The molecule has 0 saturated heterocycles. The van der Waals surface area contributed by atoms with Crippen LogP contribution in [0.5, 0.6) is 5.75 Å². The van der Waals surface area contributed by atoms with Crippen LogP contribution < -0.4 is 19.6 Å². The van der Waals surface area contributed by atoms with Crippen molar-refractivity contribution in [2.24, 2.45) is 4.99 Å². The van der Waals surface area contributed by atoms with E-state index in [-0.39, 0.29) is 17.7 Å². The minimum Gasteiger partial charge on any atom is -0.463 e. The molecule has 0 saturated carbocycles. The van der Waals surface area contributed by atoms with Gasteiger partial charge in [0.25, 0.3) is 5.56 Å². The second-order valence-electron chi connectivity index (χ2n) is 8.65. The van der Waals surface area contributed by atoms with Crippen LogP contribution in [0.25, 0.3) is 17.4 Å². The molecule has 39 heavy (non-hydrogen) atoms. The number of allylic oxidation sites excluding steroid dienone is 1. The first kappa shape index (κ1) is 26.4. The van der Waals surface area contributed by atoms with E-state index in [1.807, 2.05) is 18.2 Å². The van der Waals surface area contributed by atoms with Crippen LogP contribution in [0.15, 0.2) is 86.1 Å². The van der Waals surface area contributed by atoms with Crippen LogP contribution >= 0.6 is 22.9 Å². The van der Waals surface area contributed by atoms with Crippen molar-refractivity contribution in [2.75, 3.05) is 6.61 Å². The van der Waals surface area contributed by atoms with Gasteiger partial charge in [0.1, 0.15) is 17.3 Å². The van der Waals surface area contributed by atoms with Crippen molar-refractivity contribution >= 4 is 41.0 Å². The number of fused-ring (bicyclic) bond motifs is 1. The minimum absolute atomic E-state index is 0.171. The van der Waals surface area contributed by atoms with Gasteiger partial charge in [-0.05, 0) is 55.8 Å². The molecule has 2 aromatic carbocycles. The Labute approximate surface area is 232 Å². The molecule has 0 aliphatic carbocycles. The number of aromatic nitrogens is 1. The molecule has 3 heterocycles. The predicted molar refractivity (Wildman–Crippen MR) is 147 cm³/mol. The van der Waals surface area contributed by atoms with Crippen molar-refractivity contribution < 1.29 is 23.5 Å². The van der Waals surface area contributed by atoms with Crippen molar-refractivity contribution in [1.29, 1.82) is 0 Å². The maximum Gasteiger partial charge on any atom is 0.338 e. The third kappa shape index (κ3) is 5.23. The van der Waals surface area contributed by atoms with Crippen molar-refractivity contribution in [3.05, 3.63) is 108 Å². The topological polar surface area (TPSA) is 100 Å². The molecule has 10 heteroatoms.